The van der Waals surface area contributed by atoms with Crippen LogP contribution in [-0.2, 0) is 0 Å². The Kier molecular flexibility index (Phi) is 5.91. The van der Waals surface area contributed by atoms with Gasteiger partial charge in [0.25, 0.3) is 11.9 Å². The Hall–Kier alpha value is -3.53. The predicted molar refractivity (Wildman–Crippen MR) is 122 cm³/mol. The van der Waals surface area contributed by atoms with E-state index in [4.69, 9.17) is 16.0 Å². The predicted octanol–water partition coefficient (Wildman–Crippen LogP) is 4.69. The van der Waals surface area contributed by atoms with E-state index in [2.05, 4.69) is 27.4 Å². The molecule has 1 aliphatic heterocycles. The molecule has 2 aromatic carbocycles. The third kappa shape index (κ3) is 4.09. The van der Waals surface area contributed by atoms with Gasteiger partial charge in [-0.3, -0.25) is 4.79 Å². The minimum Gasteiger partial charge on any atom is -0.424 e. The number of hydrogen-bond donors (Lipinski definition) is 1. The molecule has 4 aromatic rings. The summed E-state index contributed by atoms with van der Waals surface area (Å²) in [5.74, 6) is -2.52. The highest BCUT2D eigenvalue weighted by molar-refractivity contribution is 6.31. The minimum atomic E-state index is -1.17. The summed E-state index contributed by atoms with van der Waals surface area (Å²) in [6.07, 6.45) is 4.39. The minimum absolute atomic E-state index is 0.00861. The first-order valence-electron chi connectivity index (χ1n) is 10.9. The maximum Gasteiger partial charge on any atom is 0.295 e. The van der Waals surface area contributed by atoms with Crippen molar-refractivity contribution in [2.75, 3.05) is 18.4 Å². The summed E-state index contributed by atoms with van der Waals surface area (Å²) in [7, 11) is 0. The van der Waals surface area contributed by atoms with Gasteiger partial charge >= 0.3 is 0 Å². The van der Waals surface area contributed by atoms with Crippen LogP contribution in [0, 0.1) is 17.6 Å². The van der Waals surface area contributed by atoms with Crippen LogP contribution in [0.3, 0.4) is 0 Å². The summed E-state index contributed by atoms with van der Waals surface area (Å²) in [4.78, 5) is 20.6. The van der Waals surface area contributed by atoms with Crippen LogP contribution in [0.25, 0.3) is 16.8 Å². The Bertz CT molecular complexity index is 1340. The van der Waals surface area contributed by atoms with Crippen molar-refractivity contribution in [2.24, 2.45) is 5.92 Å². The number of carbonyl (C=O) groups excluding carboxylic acids is 1. The first-order valence-corrected chi connectivity index (χ1v) is 11.3. The Balaban J connectivity index is 1.43. The lowest BCUT2D eigenvalue weighted by Crippen LogP contribution is -2.51. The van der Waals surface area contributed by atoms with Crippen molar-refractivity contribution in [1.82, 2.24) is 24.9 Å². The largest absolute Gasteiger partial charge is 0.424 e. The molecule has 2 aromatic heterocycles. The molecule has 176 valence electrons. The number of halogens is 3. The highest BCUT2D eigenvalue weighted by atomic mass is 35.5. The monoisotopic (exact) mass is 486 g/mol. The number of anilines is 1. The maximum atomic E-state index is 14.7. The number of oxazole rings is 1. The smallest absolute Gasteiger partial charge is 0.295 e. The number of nitrogens with zero attached hydrogens (tertiary/aromatic N) is 5. The van der Waals surface area contributed by atoms with E-state index in [9.17, 15) is 13.6 Å². The molecule has 0 spiro atoms. The first kappa shape index (κ1) is 22.3. The fourth-order valence-corrected chi connectivity index (χ4v) is 4.53. The summed E-state index contributed by atoms with van der Waals surface area (Å²) < 4.78 is 34.5. The molecule has 34 heavy (non-hydrogen) atoms. The van der Waals surface area contributed by atoms with Gasteiger partial charge in [-0.25, -0.2) is 8.78 Å². The van der Waals surface area contributed by atoms with Gasteiger partial charge in [0, 0.05) is 24.2 Å². The van der Waals surface area contributed by atoms with Gasteiger partial charge in [-0.15, -0.1) is 4.80 Å². The molecule has 1 saturated heterocycles. The fourth-order valence-electron chi connectivity index (χ4n) is 4.37. The van der Waals surface area contributed by atoms with E-state index < -0.39 is 17.5 Å². The number of carbonyl (C=O) groups is 1. The summed E-state index contributed by atoms with van der Waals surface area (Å²) >= 11 is 6.02. The standard InChI is InChI=1S/C23H21ClF2N6O2/c1-13-3-2-10-31(18(13)12-27-23-30-17-7-4-14(24)11-19(17)34-23)22(33)15-5-6-16(25)20(26)21(15)32-28-8-9-29-32/h4-9,11,13,18H,2-3,10,12H2,1H3,(H,27,30)/t13-,18-/m1/s1. The molecule has 1 N–H and O–H groups in total. The summed E-state index contributed by atoms with van der Waals surface area (Å²) in [6, 6.07) is 7.48. The van der Waals surface area contributed by atoms with Gasteiger partial charge < -0.3 is 14.6 Å². The molecule has 0 radical (unpaired) electrons. The highest BCUT2D eigenvalue weighted by Gasteiger charge is 2.35. The zero-order valence-electron chi connectivity index (χ0n) is 18.2. The van der Waals surface area contributed by atoms with Crippen molar-refractivity contribution in [3.8, 4) is 5.69 Å². The van der Waals surface area contributed by atoms with Gasteiger partial charge in [-0.1, -0.05) is 18.5 Å². The summed E-state index contributed by atoms with van der Waals surface area (Å²) in [5, 5.41) is 11.5. The molecule has 3 heterocycles. The zero-order chi connectivity index (χ0) is 23.8. The highest BCUT2D eigenvalue weighted by Crippen LogP contribution is 2.29. The summed E-state index contributed by atoms with van der Waals surface area (Å²) in [5.41, 5.74) is 0.897. The molecular formula is C23H21ClF2N6O2. The molecule has 1 aliphatic rings. The molecule has 0 unspecified atom stereocenters. The zero-order valence-corrected chi connectivity index (χ0v) is 19.0. The van der Waals surface area contributed by atoms with Crippen molar-refractivity contribution < 1.29 is 18.0 Å². The number of likely N-dealkylation sites (tertiary alicyclic amines) is 1. The average Bonchev–Trinajstić information content (AvgIpc) is 3.49. The van der Waals surface area contributed by atoms with E-state index in [1.165, 1.54) is 18.5 Å². The van der Waals surface area contributed by atoms with E-state index in [1.54, 1.807) is 23.1 Å². The van der Waals surface area contributed by atoms with Crippen molar-refractivity contribution in [3.05, 3.63) is 64.9 Å². The molecule has 0 bridgehead atoms. The van der Waals surface area contributed by atoms with E-state index in [0.717, 1.165) is 23.7 Å². The Morgan fingerprint density at radius 1 is 1.24 bits per heavy atom. The van der Waals surface area contributed by atoms with E-state index in [0.29, 0.717) is 35.2 Å². The molecule has 8 nitrogen and oxygen atoms in total. The molecule has 5 rings (SSSR count). The van der Waals surface area contributed by atoms with Gasteiger partial charge in [0.05, 0.1) is 24.0 Å². The van der Waals surface area contributed by atoms with Crippen molar-refractivity contribution in [2.45, 2.75) is 25.8 Å². The summed E-state index contributed by atoms with van der Waals surface area (Å²) in [6.45, 7) is 2.90. The van der Waals surface area contributed by atoms with Crippen LogP contribution >= 0.6 is 11.6 Å². The molecule has 11 heteroatoms. The van der Waals surface area contributed by atoms with Crippen molar-refractivity contribution >= 4 is 34.6 Å². The normalized spacial score (nSPS) is 18.4. The molecule has 0 saturated carbocycles. The van der Waals surface area contributed by atoms with Gasteiger partial charge in [0.2, 0.25) is 0 Å². The number of hydrogen-bond acceptors (Lipinski definition) is 6. The maximum absolute atomic E-state index is 14.7. The fraction of sp³-hybridized carbons (Fsp3) is 0.304. The molecule has 0 aliphatic carbocycles. The lowest BCUT2D eigenvalue weighted by atomic mass is 9.90. The topological polar surface area (TPSA) is 89.1 Å². The van der Waals surface area contributed by atoms with Gasteiger partial charge in [0.1, 0.15) is 11.2 Å². The second-order valence-corrected chi connectivity index (χ2v) is 8.71. The van der Waals surface area contributed by atoms with E-state index >= 15 is 0 Å². The van der Waals surface area contributed by atoms with E-state index in [1.807, 2.05) is 0 Å². The van der Waals surface area contributed by atoms with Gasteiger partial charge in [-0.2, -0.15) is 15.2 Å². The first-order chi connectivity index (χ1) is 16.4. The average molecular weight is 487 g/mol. The van der Waals surface area contributed by atoms with Crippen LogP contribution in [0.5, 0.6) is 0 Å². The van der Waals surface area contributed by atoms with Crippen LogP contribution in [-0.4, -0.2) is 49.9 Å². The third-order valence-corrected chi connectivity index (χ3v) is 6.34. The van der Waals surface area contributed by atoms with Crippen molar-refractivity contribution in [1.29, 1.82) is 0 Å². The van der Waals surface area contributed by atoms with Crippen LogP contribution < -0.4 is 5.32 Å². The lowest BCUT2D eigenvalue weighted by molar-refractivity contribution is 0.0538. The lowest BCUT2D eigenvalue weighted by Gasteiger charge is -2.40. The number of nitrogens with one attached hydrogen (secondary N) is 1. The Labute approximate surface area is 198 Å². The van der Waals surface area contributed by atoms with Crippen LogP contribution in [0.1, 0.15) is 30.1 Å². The Morgan fingerprint density at radius 2 is 2.03 bits per heavy atom. The second kappa shape index (κ2) is 9.02. The van der Waals surface area contributed by atoms with Gasteiger partial charge in [-0.05, 0) is 43.0 Å². The number of benzene rings is 2. The van der Waals surface area contributed by atoms with Crippen LogP contribution in [0.4, 0.5) is 14.8 Å². The molecule has 1 amide bonds. The number of amides is 1. The number of piperidine rings is 1. The number of fused-ring (bicyclic) bond motifs is 1. The van der Waals surface area contributed by atoms with Crippen LogP contribution in [0.2, 0.25) is 5.02 Å². The molecule has 2 atom stereocenters. The molecular weight excluding hydrogens is 466 g/mol. The van der Waals surface area contributed by atoms with E-state index in [-0.39, 0.29) is 23.2 Å². The quantitative estimate of drug-likeness (QED) is 0.440. The number of rotatable bonds is 5. The van der Waals surface area contributed by atoms with Crippen molar-refractivity contribution in [3.63, 3.8) is 0 Å². The van der Waals surface area contributed by atoms with Gasteiger partial charge in [0.15, 0.2) is 17.2 Å². The molecule has 1 fully saturated rings. The SMILES string of the molecule is C[C@@H]1CCCN(C(=O)c2ccc(F)c(F)c2-n2nccn2)[C@@H]1CNc1nc2ccc(Cl)cc2o1. The second-order valence-electron chi connectivity index (χ2n) is 8.27. The third-order valence-electron chi connectivity index (χ3n) is 6.11. The Morgan fingerprint density at radius 3 is 2.82 bits per heavy atom. The number of aromatic nitrogens is 4. The van der Waals surface area contributed by atoms with Crippen LogP contribution in [0.15, 0.2) is 47.1 Å².